The van der Waals surface area contributed by atoms with Crippen molar-refractivity contribution in [3.05, 3.63) is 69.1 Å². The lowest BCUT2D eigenvalue weighted by Gasteiger charge is -2.07. The summed E-state index contributed by atoms with van der Waals surface area (Å²) in [5.74, 6) is -0.145. The molecule has 0 aliphatic carbocycles. The number of carbonyl (C=O) groups is 1. The summed E-state index contributed by atoms with van der Waals surface area (Å²) in [5, 5.41) is 11.3. The van der Waals surface area contributed by atoms with Crippen molar-refractivity contribution in [1.82, 2.24) is 4.90 Å². The summed E-state index contributed by atoms with van der Waals surface area (Å²) in [6, 6.07) is 13.9. The van der Waals surface area contributed by atoms with Crippen LogP contribution in [0.3, 0.4) is 0 Å². The molecule has 1 amide bonds. The molecule has 1 saturated heterocycles. The lowest BCUT2D eigenvalue weighted by Crippen LogP contribution is -2.23. The molecule has 6 nitrogen and oxygen atoms in total. The first-order chi connectivity index (χ1) is 12.5. The number of nitrogens with zero attached hydrogens (tertiary/aromatic N) is 3. The summed E-state index contributed by atoms with van der Waals surface area (Å²) in [5.41, 5.74) is 1.53. The molecule has 0 unspecified atom stereocenters. The molecule has 26 heavy (non-hydrogen) atoms. The van der Waals surface area contributed by atoms with Gasteiger partial charge in [-0.2, -0.15) is 0 Å². The van der Waals surface area contributed by atoms with Crippen molar-refractivity contribution in [1.29, 1.82) is 0 Å². The molecule has 0 N–H and O–H groups in total. The van der Waals surface area contributed by atoms with Crippen LogP contribution in [0, 0.1) is 10.1 Å². The number of likely N-dealkylation sites (N-methyl/N-ethyl adjacent to an activating group) is 1. The zero-order valence-electron chi connectivity index (χ0n) is 14.1. The fourth-order valence-corrected chi connectivity index (χ4v) is 3.73. The van der Waals surface area contributed by atoms with Crippen LogP contribution >= 0.6 is 23.5 Å². The molecule has 1 heterocycles. The SMILES string of the molecule is CSc1cccc(N=C2S/C(=C/c3ccc([N+](=O)[O-])cc3)C(=O)N2C)c1. The number of hydrogen-bond donors (Lipinski definition) is 0. The number of carbonyl (C=O) groups excluding carboxylic acids is 1. The Labute approximate surface area is 159 Å². The number of aliphatic imine (C=N–C) groups is 1. The normalized spacial score (nSPS) is 17.3. The standard InChI is InChI=1S/C18H15N3O3S2/c1-20-17(22)16(10-12-6-8-14(9-7-12)21(23)24)26-18(20)19-13-4-3-5-15(11-13)25-2/h3-11H,1-2H3/b16-10+,19-18?. The molecule has 3 rings (SSSR count). The van der Waals surface area contributed by atoms with Gasteiger partial charge in [0.15, 0.2) is 5.17 Å². The highest BCUT2D eigenvalue weighted by atomic mass is 32.2. The van der Waals surface area contributed by atoms with Gasteiger partial charge < -0.3 is 0 Å². The average molecular weight is 385 g/mol. The molecular weight excluding hydrogens is 370 g/mol. The highest BCUT2D eigenvalue weighted by Crippen LogP contribution is 2.33. The van der Waals surface area contributed by atoms with Crippen molar-refractivity contribution in [2.24, 2.45) is 4.99 Å². The van der Waals surface area contributed by atoms with Crippen LogP contribution in [0.25, 0.3) is 6.08 Å². The zero-order valence-corrected chi connectivity index (χ0v) is 15.7. The minimum atomic E-state index is -0.451. The maximum absolute atomic E-state index is 12.5. The Balaban J connectivity index is 1.85. The van der Waals surface area contributed by atoms with Crippen molar-refractivity contribution in [3.8, 4) is 0 Å². The van der Waals surface area contributed by atoms with E-state index in [0.29, 0.717) is 10.1 Å². The van der Waals surface area contributed by atoms with Crippen molar-refractivity contribution in [2.75, 3.05) is 13.3 Å². The number of amidine groups is 1. The number of hydrogen-bond acceptors (Lipinski definition) is 6. The Hall–Kier alpha value is -2.58. The third kappa shape index (κ3) is 3.97. The van der Waals surface area contributed by atoms with Gasteiger partial charge >= 0.3 is 0 Å². The molecule has 0 spiro atoms. The van der Waals surface area contributed by atoms with Gasteiger partial charge in [0.2, 0.25) is 0 Å². The lowest BCUT2D eigenvalue weighted by atomic mass is 10.2. The molecular formula is C18H15N3O3S2. The van der Waals surface area contributed by atoms with E-state index in [4.69, 9.17) is 0 Å². The summed E-state index contributed by atoms with van der Waals surface area (Å²) in [6.45, 7) is 0. The van der Waals surface area contributed by atoms with E-state index in [2.05, 4.69) is 4.99 Å². The molecule has 0 bridgehead atoms. The average Bonchev–Trinajstić information content (AvgIpc) is 2.90. The van der Waals surface area contributed by atoms with E-state index in [1.165, 1.54) is 28.8 Å². The van der Waals surface area contributed by atoms with E-state index >= 15 is 0 Å². The first-order valence-corrected chi connectivity index (χ1v) is 9.67. The highest BCUT2D eigenvalue weighted by Gasteiger charge is 2.30. The molecule has 1 aliphatic rings. The quantitative estimate of drug-likeness (QED) is 0.334. The summed E-state index contributed by atoms with van der Waals surface area (Å²) in [6.07, 6.45) is 3.71. The summed E-state index contributed by atoms with van der Waals surface area (Å²) < 4.78 is 0. The Morgan fingerprint density at radius 3 is 2.62 bits per heavy atom. The van der Waals surface area contributed by atoms with E-state index in [9.17, 15) is 14.9 Å². The molecule has 2 aromatic rings. The first-order valence-electron chi connectivity index (χ1n) is 7.63. The largest absolute Gasteiger partial charge is 0.290 e. The van der Waals surface area contributed by atoms with Gasteiger partial charge in [0.1, 0.15) is 0 Å². The molecule has 0 radical (unpaired) electrons. The zero-order chi connectivity index (χ0) is 18.7. The van der Waals surface area contributed by atoms with E-state index in [0.717, 1.165) is 16.1 Å². The third-order valence-electron chi connectivity index (χ3n) is 3.68. The Kier molecular flexibility index (Phi) is 5.43. The summed E-state index contributed by atoms with van der Waals surface area (Å²) in [4.78, 5) is 30.4. The molecule has 0 atom stereocenters. The highest BCUT2D eigenvalue weighted by molar-refractivity contribution is 8.18. The Morgan fingerprint density at radius 1 is 1.23 bits per heavy atom. The van der Waals surface area contributed by atoms with E-state index in [1.54, 1.807) is 37.0 Å². The second-order valence-corrected chi connectivity index (χ2v) is 7.31. The van der Waals surface area contributed by atoms with E-state index in [1.807, 2.05) is 30.5 Å². The number of non-ortho nitro benzene ring substituents is 1. The van der Waals surface area contributed by atoms with Crippen LogP contribution in [0.4, 0.5) is 11.4 Å². The summed E-state index contributed by atoms with van der Waals surface area (Å²) in [7, 11) is 1.68. The van der Waals surface area contributed by atoms with Gasteiger partial charge in [0.05, 0.1) is 15.5 Å². The number of benzene rings is 2. The van der Waals surface area contributed by atoms with Gasteiger partial charge in [0, 0.05) is 24.1 Å². The van der Waals surface area contributed by atoms with Crippen molar-refractivity contribution in [3.63, 3.8) is 0 Å². The predicted molar refractivity (Wildman–Crippen MR) is 107 cm³/mol. The molecule has 1 aliphatic heterocycles. The molecule has 0 saturated carbocycles. The molecule has 0 aromatic heterocycles. The Morgan fingerprint density at radius 2 is 1.96 bits per heavy atom. The van der Waals surface area contributed by atoms with E-state index < -0.39 is 4.92 Å². The van der Waals surface area contributed by atoms with Crippen molar-refractivity contribution < 1.29 is 9.72 Å². The minimum Gasteiger partial charge on any atom is -0.290 e. The van der Waals surface area contributed by atoms with Crippen molar-refractivity contribution in [2.45, 2.75) is 4.90 Å². The number of nitro benzene ring substituents is 1. The van der Waals surface area contributed by atoms with Gasteiger partial charge in [-0.25, -0.2) is 4.99 Å². The molecule has 2 aromatic carbocycles. The topological polar surface area (TPSA) is 75.8 Å². The van der Waals surface area contributed by atoms with Gasteiger partial charge in [-0.3, -0.25) is 19.8 Å². The number of thioether (sulfide) groups is 2. The molecule has 8 heteroatoms. The number of amides is 1. The van der Waals surface area contributed by atoms with Gasteiger partial charge in [0.25, 0.3) is 11.6 Å². The van der Waals surface area contributed by atoms with Crippen LogP contribution in [0.2, 0.25) is 0 Å². The van der Waals surface area contributed by atoms with E-state index in [-0.39, 0.29) is 11.6 Å². The smallest absolute Gasteiger partial charge is 0.269 e. The number of rotatable bonds is 4. The monoisotopic (exact) mass is 385 g/mol. The Bertz CT molecular complexity index is 924. The lowest BCUT2D eigenvalue weighted by molar-refractivity contribution is -0.384. The van der Waals surface area contributed by atoms with Gasteiger partial charge in [-0.05, 0) is 60.0 Å². The van der Waals surface area contributed by atoms with Crippen LogP contribution in [0.5, 0.6) is 0 Å². The predicted octanol–water partition coefficient (Wildman–Crippen LogP) is 4.55. The van der Waals surface area contributed by atoms with Gasteiger partial charge in [-0.15, -0.1) is 11.8 Å². The third-order valence-corrected chi connectivity index (χ3v) is 5.47. The molecule has 132 valence electrons. The fraction of sp³-hybridized carbons (Fsp3) is 0.111. The van der Waals surface area contributed by atoms with Crippen LogP contribution in [0.1, 0.15) is 5.56 Å². The summed E-state index contributed by atoms with van der Waals surface area (Å²) >= 11 is 2.92. The minimum absolute atomic E-state index is 0.0191. The van der Waals surface area contributed by atoms with Crippen LogP contribution < -0.4 is 0 Å². The fourth-order valence-electron chi connectivity index (χ4n) is 2.29. The van der Waals surface area contributed by atoms with Crippen LogP contribution in [0.15, 0.2) is 63.3 Å². The maximum Gasteiger partial charge on any atom is 0.269 e. The molecule has 1 fully saturated rings. The second kappa shape index (κ2) is 7.76. The van der Waals surface area contributed by atoms with Gasteiger partial charge in [-0.1, -0.05) is 6.07 Å². The van der Waals surface area contributed by atoms with Crippen LogP contribution in [-0.2, 0) is 4.79 Å². The maximum atomic E-state index is 12.5. The second-order valence-electron chi connectivity index (χ2n) is 5.42. The number of nitro groups is 1. The van der Waals surface area contributed by atoms with Crippen molar-refractivity contribution >= 4 is 52.0 Å². The van der Waals surface area contributed by atoms with Crippen LogP contribution in [-0.4, -0.2) is 34.2 Å². The first kappa shape index (κ1) is 18.2.